The van der Waals surface area contributed by atoms with Gasteiger partial charge in [0.15, 0.2) is 5.96 Å². The number of aliphatic hydroxyl groups is 1. The molecule has 1 saturated carbocycles. The van der Waals surface area contributed by atoms with Gasteiger partial charge in [-0.3, -0.25) is 4.99 Å². The lowest BCUT2D eigenvalue weighted by atomic mass is 9.90. The molecule has 0 radical (unpaired) electrons. The van der Waals surface area contributed by atoms with Gasteiger partial charge < -0.3 is 16.2 Å². The number of halogens is 1. The van der Waals surface area contributed by atoms with E-state index in [1.807, 2.05) is 0 Å². The molecule has 1 aromatic rings. The molecule has 22 heavy (non-hydrogen) atoms. The minimum Gasteiger partial charge on any atom is -0.393 e. The number of benzene rings is 1. The van der Waals surface area contributed by atoms with Gasteiger partial charge in [-0.05, 0) is 55.7 Å². The number of aryl methyl sites for hydroxylation is 1. The van der Waals surface area contributed by atoms with Gasteiger partial charge in [-0.15, -0.1) is 24.0 Å². The maximum Gasteiger partial charge on any atom is 0.193 e. The Morgan fingerprint density at radius 3 is 2.82 bits per heavy atom. The highest BCUT2D eigenvalue weighted by atomic mass is 127. The molecule has 1 aromatic carbocycles. The molecule has 5 heteroatoms. The van der Waals surface area contributed by atoms with Crippen LogP contribution in [0.5, 0.6) is 0 Å². The molecule has 2 unspecified atom stereocenters. The van der Waals surface area contributed by atoms with Crippen LogP contribution >= 0.6 is 24.0 Å². The summed E-state index contributed by atoms with van der Waals surface area (Å²) in [6, 6.07) is 6.37. The SMILES string of the molecule is I.NC(=NCC1CCCC1O)Nc1cccc2c1CCCC2. The van der Waals surface area contributed by atoms with E-state index in [1.54, 1.807) is 0 Å². The first kappa shape index (κ1) is 17.5. The van der Waals surface area contributed by atoms with Gasteiger partial charge in [-0.2, -0.15) is 0 Å². The Morgan fingerprint density at radius 2 is 2.05 bits per heavy atom. The number of hydrogen-bond donors (Lipinski definition) is 3. The van der Waals surface area contributed by atoms with Gasteiger partial charge in [-0.1, -0.05) is 18.6 Å². The van der Waals surface area contributed by atoms with Crippen LogP contribution in [0.1, 0.15) is 43.2 Å². The molecular weight excluding hydrogens is 389 g/mol. The summed E-state index contributed by atoms with van der Waals surface area (Å²) in [7, 11) is 0. The van der Waals surface area contributed by atoms with Crippen molar-refractivity contribution in [3.05, 3.63) is 29.3 Å². The average molecular weight is 415 g/mol. The molecule has 0 aliphatic heterocycles. The van der Waals surface area contributed by atoms with Crippen LogP contribution in [0.25, 0.3) is 0 Å². The highest BCUT2D eigenvalue weighted by Crippen LogP contribution is 2.28. The van der Waals surface area contributed by atoms with Crippen molar-refractivity contribution < 1.29 is 5.11 Å². The molecule has 0 bridgehead atoms. The van der Waals surface area contributed by atoms with E-state index in [2.05, 4.69) is 28.5 Å². The first-order valence-corrected chi connectivity index (χ1v) is 8.10. The fourth-order valence-electron chi connectivity index (χ4n) is 3.52. The van der Waals surface area contributed by atoms with E-state index < -0.39 is 0 Å². The Balaban J connectivity index is 0.00000176. The Labute approximate surface area is 149 Å². The van der Waals surface area contributed by atoms with Crippen molar-refractivity contribution in [1.82, 2.24) is 0 Å². The van der Waals surface area contributed by atoms with E-state index >= 15 is 0 Å². The van der Waals surface area contributed by atoms with E-state index in [9.17, 15) is 5.11 Å². The van der Waals surface area contributed by atoms with Crippen molar-refractivity contribution >= 4 is 35.6 Å². The fraction of sp³-hybridized carbons (Fsp3) is 0.588. The zero-order valence-electron chi connectivity index (χ0n) is 12.9. The minimum atomic E-state index is -0.203. The van der Waals surface area contributed by atoms with Crippen LogP contribution < -0.4 is 11.1 Å². The zero-order valence-corrected chi connectivity index (χ0v) is 15.3. The van der Waals surface area contributed by atoms with Crippen LogP contribution in [0.4, 0.5) is 5.69 Å². The second-order valence-corrected chi connectivity index (χ2v) is 6.26. The van der Waals surface area contributed by atoms with Crippen LogP contribution in [-0.2, 0) is 12.8 Å². The molecular formula is C17H26IN3O. The summed E-state index contributed by atoms with van der Waals surface area (Å²) in [5.41, 5.74) is 9.94. The van der Waals surface area contributed by atoms with Crippen LogP contribution in [0, 0.1) is 5.92 Å². The first-order valence-electron chi connectivity index (χ1n) is 8.10. The van der Waals surface area contributed by atoms with Crippen molar-refractivity contribution in [2.75, 3.05) is 11.9 Å². The van der Waals surface area contributed by atoms with Gasteiger partial charge in [0.1, 0.15) is 0 Å². The number of nitrogens with one attached hydrogen (secondary N) is 1. The number of fused-ring (bicyclic) bond motifs is 1. The Kier molecular flexibility index (Phi) is 6.50. The first-order chi connectivity index (χ1) is 10.2. The monoisotopic (exact) mass is 415 g/mol. The molecule has 4 nitrogen and oxygen atoms in total. The molecule has 122 valence electrons. The van der Waals surface area contributed by atoms with Gasteiger partial charge in [-0.25, -0.2) is 0 Å². The summed E-state index contributed by atoms with van der Waals surface area (Å²) in [4.78, 5) is 4.42. The van der Waals surface area contributed by atoms with Crippen molar-refractivity contribution in [2.45, 2.75) is 51.0 Å². The highest BCUT2D eigenvalue weighted by molar-refractivity contribution is 14.0. The summed E-state index contributed by atoms with van der Waals surface area (Å²) in [5.74, 6) is 0.739. The molecule has 2 aliphatic rings. The van der Waals surface area contributed by atoms with Crippen LogP contribution in [-0.4, -0.2) is 23.7 Å². The van der Waals surface area contributed by atoms with Crippen LogP contribution in [0.15, 0.2) is 23.2 Å². The van der Waals surface area contributed by atoms with E-state index in [-0.39, 0.29) is 36.0 Å². The third-order valence-electron chi connectivity index (χ3n) is 4.77. The second-order valence-electron chi connectivity index (χ2n) is 6.26. The van der Waals surface area contributed by atoms with E-state index in [0.717, 1.165) is 37.8 Å². The Bertz CT molecular complexity index is 533. The number of nitrogens with zero attached hydrogens (tertiary/aromatic N) is 1. The third-order valence-corrected chi connectivity index (χ3v) is 4.77. The lowest BCUT2D eigenvalue weighted by Crippen LogP contribution is -2.26. The number of aliphatic imine (C=N–C) groups is 1. The third kappa shape index (κ3) is 4.13. The van der Waals surface area contributed by atoms with Gasteiger partial charge in [0.2, 0.25) is 0 Å². The summed E-state index contributed by atoms with van der Waals surface area (Å²) >= 11 is 0. The number of guanidine groups is 1. The molecule has 0 aromatic heterocycles. The topological polar surface area (TPSA) is 70.6 Å². The van der Waals surface area contributed by atoms with Crippen molar-refractivity contribution in [1.29, 1.82) is 0 Å². The Hall–Kier alpha value is -0.820. The molecule has 4 N–H and O–H groups in total. The highest BCUT2D eigenvalue weighted by Gasteiger charge is 2.24. The lowest BCUT2D eigenvalue weighted by Gasteiger charge is -2.20. The molecule has 0 amide bonds. The molecule has 0 heterocycles. The molecule has 0 saturated heterocycles. The standard InChI is InChI=1S/C17H25N3O.HI/c18-17(19-11-13-7-4-10-16(13)21)20-15-9-3-6-12-5-1-2-8-14(12)15;/h3,6,9,13,16,21H,1-2,4-5,7-8,10-11H2,(H3,18,19,20);1H. The number of rotatable bonds is 3. The van der Waals surface area contributed by atoms with Crippen molar-refractivity contribution in [3.63, 3.8) is 0 Å². The van der Waals surface area contributed by atoms with Crippen molar-refractivity contribution in [2.24, 2.45) is 16.6 Å². The van der Waals surface area contributed by atoms with Gasteiger partial charge in [0, 0.05) is 18.2 Å². The van der Waals surface area contributed by atoms with Crippen LogP contribution in [0.2, 0.25) is 0 Å². The maximum absolute atomic E-state index is 9.82. The summed E-state index contributed by atoms with van der Waals surface area (Å²) in [6.45, 7) is 0.620. The average Bonchev–Trinajstić information content (AvgIpc) is 2.91. The molecule has 2 atom stereocenters. The predicted octanol–water partition coefficient (Wildman–Crippen LogP) is 3.07. The number of aliphatic hydroxyl groups excluding tert-OH is 1. The predicted molar refractivity (Wildman–Crippen MR) is 102 cm³/mol. The summed E-state index contributed by atoms with van der Waals surface area (Å²) < 4.78 is 0. The number of anilines is 1. The fourth-order valence-corrected chi connectivity index (χ4v) is 3.52. The van der Waals surface area contributed by atoms with Gasteiger partial charge >= 0.3 is 0 Å². The number of nitrogens with two attached hydrogens (primary N) is 1. The largest absolute Gasteiger partial charge is 0.393 e. The van der Waals surface area contributed by atoms with E-state index in [0.29, 0.717) is 12.5 Å². The van der Waals surface area contributed by atoms with Crippen molar-refractivity contribution in [3.8, 4) is 0 Å². The molecule has 3 rings (SSSR count). The second kappa shape index (κ2) is 8.15. The number of hydrogen-bond acceptors (Lipinski definition) is 2. The quantitative estimate of drug-likeness (QED) is 0.404. The smallest absolute Gasteiger partial charge is 0.193 e. The van der Waals surface area contributed by atoms with E-state index in [1.165, 1.54) is 24.0 Å². The Morgan fingerprint density at radius 1 is 1.23 bits per heavy atom. The zero-order chi connectivity index (χ0) is 14.7. The maximum atomic E-state index is 9.82. The normalized spacial score (nSPS) is 24.5. The molecule has 2 aliphatic carbocycles. The minimum absolute atomic E-state index is 0. The summed E-state index contributed by atoms with van der Waals surface area (Å²) in [5, 5.41) is 13.1. The van der Waals surface area contributed by atoms with Gasteiger partial charge in [0.25, 0.3) is 0 Å². The van der Waals surface area contributed by atoms with Gasteiger partial charge in [0.05, 0.1) is 6.10 Å². The molecule has 0 spiro atoms. The van der Waals surface area contributed by atoms with E-state index in [4.69, 9.17) is 5.73 Å². The molecule has 1 fully saturated rings. The van der Waals surface area contributed by atoms with Crippen LogP contribution in [0.3, 0.4) is 0 Å². The lowest BCUT2D eigenvalue weighted by molar-refractivity contribution is 0.137. The summed E-state index contributed by atoms with van der Waals surface area (Å²) in [6.07, 6.45) is 7.66.